The minimum Gasteiger partial charge on any atom is -0.504 e. The lowest BCUT2D eigenvalue weighted by atomic mass is 10.2. The molecule has 1 rings (SSSR count). The molecule has 0 aliphatic carbocycles. The molecule has 0 aromatic heterocycles. The summed E-state index contributed by atoms with van der Waals surface area (Å²) in [5, 5.41) is 37.6. The van der Waals surface area contributed by atoms with Crippen LogP contribution in [-0.4, -0.2) is 26.7 Å². The van der Waals surface area contributed by atoms with Gasteiger partial charge in [-0.05, 0) is 12.1 Å². The molecule has 0 aliphatic rings. The Morgan fingerprint density at radius 3 is 2.00 bits per heavy atom. The molecule has 5 nitrogen and oxygen atoms in total. The van der Waals surface area contributed by atoms with Gasteiger partial charge in [-0.25, -0.2) is 0 Å². The average Bonchev–Trinajstić information content (AvgIpc) is 2.01. The standard InChI is InChI=1S/C7H7NO4/c9-5-1-4(3-8-12)2-6(10)7(5)11/h1-3,9-12H/b8-3-. The quantitative estimate of drug-likeness (QED) is 0.214. The highest BCUT2D eigenvalue weighted by molar-refractivity contribution is 5.81. The van der Waals surface area contributed by atoms with Gasteiger partial charge < -0.3 is 20.5 Å². The second kappa shape index (κ2) is 3.00. The molecular weight excluding hydrogens is 162 g/mol. The lowest BCUT2D eigenvalue weighted by Crippen LogP contribution is -1.81. The number of phenolic OH excluding ortho intramolecular Hbond substituents is 3. The molecule has 0 spiro atoms. The van der Waals surface area contributed by atoms with Crippen molar-refractivity contribution < 1.29 is 20.5 Å². The van der Waals surface area contributed by atoms with Crippen LogP contribution in [0.4, 0.5) is 0 Å². The Bertz CT molecular complexity index is 298. The van der Waals surface area contributed by atoms with E-state index in [2.05, 4.69) is 5.16 Å². The van der Waals surface area contributed by atoms with Gasteiger partial charge in [-0.15, -0.1) is 0 Å². The maximum atomic E-state index is 8.95. The fraction of sp³-hybridized carbons (Fsp3) is 0. The maximum Gasteiger partial charge on any atom is 0.200 e. The molecule has 0 amide bonds. The van der Waals surface area contributed by atoms with Crippen molar-refractivity contribution in [3.8, 4) is 17.2 Å². The van der Waals surface area contributed by atoms with E-state index >= 15 is 0 Å². The SMILES string of the molecule is O/N=C\c1cc(O)c(O)c(O)c1. The van der Waals surface area contributed by atoms with Crippen LogP contribution in [0.2, 0.25) is 0 Å². The first-order valence-electron chi connectivity index (χ1n) is 3.07. The number of rotatable bonds is 1. The summed E-state index contributed by atoms with van der Waals surface area (Å²) in [6.07, 6.45) is 1.01. The molecule has 5 heteroatoms. The van der Waals surface area contributed by atoms with Gasteiger partial charge in [0.15, 0.2) is 17.2 Å². The summed E-state index contributed by atoms with van der Waals surface area (Å²) in [6, 6.07) is 2.30. The molecular formula is C7H7NO4. The van der Waals surface area contributed by atoms with Crippen molar-refractivity contribution in [2.75, 3.05) is 0 Å². The molecule has 0 atom stereocenters. The molecule has 0 aliphatic heterocycles. The first kappa shape index (κ1) is 8.19. The molecule has 64 valence electrons. The molecule has 0 radical (unpaired) electrons. The number of benzene rings is 1. The normalized spacial score (nSPS) is 10.7. The average molecular weight is 169 g/mol. The molecule has 1 aromatic rings. The predicted molar refractivity (Wildman–Crippen MR) is 40.8 cm³/mol. The van der Waals surface area contributed by atoms with E-state index < -0.39 is 17.2 Å². The van der Waals surface area contributed by atoms with Crippen LogP contribution in [0, 0.1) is 0 Å². The van der Waals surface area contributed by atoms with E-state index in [4.69, 9.17) is 20.5 Å². The molecule has 0 heterocycles. The van der Waals surface area contributed by atoms with Crippen molar-refractivity contribution >= 4 is 6.21 Å². The number of oxime groups is 1. The van der Waals surface area contributed by atoms with Crippen LogP contribution in [-0.2, 0) is 0 Å². The smallest absolute Gasteiger partial charge is 0.200 e. The minimum absolute atomic E-state index is 0.283. The minimum atomic E-state index is -0.593. The Kier molecular flexibility index (Phi) is 2.05. The number of phenols is 3. The topological polar surface area (TPSA) is 93.3 Å². The Morgan fingerprint density at radius 1 is 1.08 bits per heavy atom. The van der Waals surface area contributed by atoms with Crippen molar-refractivity contribution in [3.05, 3.63) is 17.7 Å². The summed E-state index contributed by atoms with van der Waals surface area (Å²) in [7, 11) is 0. The van der Waals surface area contributed by atoms with Crippen molar-refractivity contribution in [2.24, 2.45) is 5.16 Å². The van der Waals surface area contributed by atoms with E-state index in [9.17, 15) is 0 Å². The monoisotopic (exact) mass is 169 g/mol. The van der Waals surface area contributed by atoms with E-state index in [0.717, 1.165) is 18.3 Å². The van der Waals surface area contributed by atoms with Gasteiger partial charge in [-0.1, -0.05) is 5.16 Å². The van der Waals surface area contributed by atoms with Gasteiger partial charge in [0.25, 0.3) is 0 Å². The Labute approximate surface area is 67.8 Å². The van der Waals surface area contributed by atoms with Crippen molar-refractivity contribution in [3.63, 3.8) is 0 Å². The van der Waals surface area contributed by atoms with Crippen LogP contribution in [0.5, 0.6) is 17.2 Å². The first-order valence-corrected chi connectivity index (χ1v) is 3.07. The number of aromatic hydroxyl groups is 3. The number of hydrogen-bond acceptors (Lipinski definition) is 5. The summed E-state index contributed by atoms with van der Waals surface area (Å²) in [5.74, 6) is -1.53. The molecule has 0 unspecified atom stereocenters. The molecule has 4 N–H and O–H groups in total. The fourth-order valence-corrected chi connectivity index (χ4v) is 0.767. The highest BCUT2D eigenvalue weighted by atomic mass is 16.4. The zero-order valence-electron chi connectivity index (χ0n) is 5.97. The van der Waals surface area contributed by atoms with Gasteiger partial charge in [-0.2, -0.15) is 0 Å². The summed E-state index contributed by atoms with van der Waals surface area (Å²) in [4.78, 5) is 0. The lowest BCUT2D eigenvalue weighted by molar-refractivity contribution is 0.321. The lowest BCUT2D eigenvalue weighted by Gasteiger charge is -2.00. The van der Waals surface area contributed by atoms with Gasteiger partial charge in [-0.3, -0.25) is 0 Å². The van der Waals surface area contributed by atoms with Gasteiger partial charge in [0.1, 0.15) is 0 Å². The van der Waals surface area contributed by atoms with Crippen LogP contribution < -0.4 is 0 Å². The summed E-state index contributed by atoms with van der Waals surface area (Å²) < 4.78 is 0. The van der Waals surface area contributed by atoms with E-state index in [1.807, 2.05) is 0 Å². The third-order valence-corrected chi connectivity index (χ3v) is 1.30. The third kappa shape index (κ3) is 1.39. The zero-order valence-corrected chi connectivity index (χ0v) is 5.97. The summed E-state index contributed by atoms with van der Waals surface area (Å²) >= 11 is 0. The molecule has 0 bridgehead atoms. The summed E-state index contributed by atoms with van der Waals surface area (Å²) in [6.45, 7) is 0. The molecule has 0 saturated carbocycles. The van der Waals surface area contributed by atoms with E-state index in [0.29, 0.717) is 0 Å². The highest BCUT2D eigenvalue weighted by Gasteiger charge is 2.06. The Hall–Kier alpha value is -1.91. The number of hydrogen-bond donors (Lipinski definition) is 4. The van der Waals surface area contributed by atoms with Crippen molar-refractivity contribution in [2.45, 2.75) is 0 Å². The second-order valence-corrected chi connectivity index (χ2v) is 2.15. The van der Waals surface area contributed by atoms with Crippen molar-refractivity contribution in [1.82, 2.24) is 0 Å². The predicted octanol–water partition coefficient (Wildman–Crippen LogP) is 0.611. The fourth-order valence-electron chi connectivity index (χ4n) is 0.767. The van der Waals surface area contributed by atoms with Crippen LogP contribution in [0.15, 0.2) is 17.3 Å². The van der Waals surface area contributed by atoms with Crippen LogP contribution in [0.3, 0.4) is 0 Å². The third-order valence-electron chi connectivity index (χ3n) is 1.30. The second-order valence-electron chi connectivity index (χ2n) is 2.15. The Balaban J connectivity index is 3.21. The van der Waals surface area contributed by atoms with Gasteiger partial charge in [0, 0.05) is 5.56 Å². The van der Waals surface area contributed by atoms with Gasteiger partial charge in [0.05, 0.1) is 6.21 Å². The molecule has 12 heavy (non-hydrogen) atoms. The summed E-state index contributed by atoms with van der Waals surface area (Å²) in [5.41, 5.74) is 0.283. The maximum absolute atomic E-state index is 8.95. The molecule has 1 aromatic carbocycles. The molecule has 0 saturated heterocycles. The molecule has 0 fully saturated rings. The van der Waals surface area contributed by atoms with Crippen molar-refractivity contribution in [1.29, 1.82) is 0 Å². The largest absolute Gasteiger partial charge is 0.504 e. The van der Waals surface area contributed by atoms with E-state index in [1.54, 1.807) is 0 Å². The Morgan fingerprint density at radius 2 is 1.58 bits per heavy atom. The first-order chi connectivity index (χ1) is 5.65. The number of nitrogens with zero attached hydrogens (tertiary/aromatic N) is 1. The van der Waals surface area contributed by atoms with E-state index in [1.165, 1.54) is 0 Å². The zero-order chi connectivity index (χ0) is 9.14. The van der Waals surface area contributed by atoms with Crippen LogP contribution in [0.25, 0.3) is 0 Å². The highest BCUT2D eigenvalue weighted by Crippen LogP contribution is 2.34. The van der Waals surface area contributed by atoms with E-state index in [-0.39, 0.29) is 5.56 Å². The van der Waals surface area contributed by atoms with Crippen LogP contribution in [0.1, 0.15) is 5.56 Å². The van der Waals surface area contributed by atoms with Crippen LogP contribution >= 0.6 is 0 Å². The van der Waals surface area contributed by atoms with Gasteiger partial charge >= 0.3 is 0 Å². The van der Waals surface area contributed by atoms with Gasteiger partial charge in [0.2, 0.25) is 0 Å².